The number of benzene rings is 1. The molecule has 4 nitrogen and oxygen atoms in total. The van der Waals surface area contributed by atoms with Crippen molar-refractivity contribution in [2.75, 3.05) is 0 Å². The average molecular weight is 271 g/mol. The van der Waals surface area contributed by atoms with Crippen LogP contribution in [0.5, 0.6) is 0 Å². The summed E-state index contributed by atoms with van der Waals surface area (Å²) >= 11 is 0. The van der Waals surface area contributed by atoms with Gasteiger partial charge in [0.15, 0.2) is 0 Å². The molecule has 0 aliphatic rings. The first-order valence-electron chi connectivity index (χ1n) is 6.66. The van der Waals surface area contributed by atoms with Crippen molar-refractivity contribution < 1.29 is 9.76 Å². The molecule has 0 saturated heterocycles. The van der Waals surface area contributed by atoms with Crippen molar-refractivity contribution in [3.8, 4) is 0 Å². The van der Waals surface area contributed by atoms with Crippen molar-refractivity contribution in [3.63, 3.8) is 0 Å². The first-order chi connectivity index (χ1) is 9.22. The normalized spacial score (nSPS) is 12.7. The van der Waals surface area contributed by atoms with Crippen LogP contribution in [0.3, 0.4) is 0 Å². The van der Waals surface area contributed by atoms with E-state index in [1.807, 2.05) is 32.9 Å². The summed E-state index contributed by atoms with van der Waals surface area (Å²) in [5.74, 6) is 0. The van der Waals surface area contributed by atoms with Crippen molar-refractivity contribution in [1.82, 2.24) is 9.97 Å². The molecule has 0 aliphatic carbocycles. The topological polar surface area (TPSA) is 55.2 Å². The molecule has 2 aromatic rings. The Hall–Kier alpha value is -1.46. The lowest BCUT2D eigenvalue weighted by molar-refractivity contribution is -0.0893. The molecule has 0 unspecified atom stereocenters. The third-order valence-corrected chi connectivity index (χ3v) is 3.89. The van der Waals surface area contributed by atoms with Crippen molar-refractivity contribution in [2.45, 2.75) is 45.8 Å². The Morgan fingerprint density at radius 3 is 2.40 bits per heavy atom. The van der Waals surface area contributed by atoms with Crippen LogP contribution in [0.25, 0.3) is 11.0 Å². The molecule has 1 radical (unpaired) electrons. The molecule has 0 spiro atoms. The van der Waals surface area contributed by atoms with Crippen molar-refractivity contribution >= 4 is 24.0 Å². The maximum Gasteiger partial charge on any atom is 0.331 e. The number of aliphatic hydroxyl groups is 1. The maximum atomic E-state index is 10.1. The minimum Gasteiger partial charge on any atom is -0.427 e. The predicted octanol–water partition coefficient (Wildman–Crippen LogP) is 1.75. The number of hydrogen-bond donors (Lipinski definition) is 1. The Morgan fingerprint density at radius 1 is 1.10 bits per heavy atom. The van der Waals surface area contributed by atoms with E-state index in [1.165, 1.54) is 0 Å². The fourth-order valence-corrected chi connectivity index (χ4v) is 1.67. The quantitative estimate of drug-likeness (QED) is 0.861. The number of rotatable bonds is 4. The molecule has 1 aromatic carbocycles. The fraction of sp³-hybridized carbons (Fsp3) is 0.467. The third kappa shape index (κ3) is 2.84. The highest BCUT2D eigenvalue weighted by Gasteiger charge is 2.35. The lowest BCUT2D eigenvalue weighted by atomic mass is 9.80. The third-order valence-electron chi connectivity index (χ3n) is 3.89. The standard InChI is InChI=1S/C15H20BN2O2/c1-10-11(16-20-15(4,5)14(2,3)19)6-7-12-13(10)18-9-8-17-12/h6-9,19H,1-5H3. The minimum atomic E-state index is -0.936. The molecule has 2 rings (SSSR count). The lowest BCUT2D eigenvalue weighted by Crippen LogP contribution is -2.49. The highest BCUT2D eigenvalue weighted by atomic mass is 16.5. The van der Waals surface area contributed by atoms with E-state index in [9.17, 15) is 5.11 Å². The molecule has 0 atom stereocenters. The summed E-state index contributed by atoms with van der Waals surface area (Å²) in [6.07, 6.45) is 3.36. The minimum absolute atomic E-state index is 0.684. The van der Waals surface area contributed by atoms with Crippen LogP contribution >= 0.6 is 0 Å². The Labute approximate surface area is 120 Å². The zero-order valence-electron chi connectivity index (χ0n) is 12.6. The Kier molecular flexibility index (Phi) is 3.85. The van der Waals surface area contributed by atoms with E-state index in [0.29, 0.717) is 0 Å². The summed E-state index contributed by atoms with van der Waals surface area (Å²) < 4.78 is 5.79. The molecule has 0 saturated carbocycles. The SMILES string of the molecule is Cc1c([B]OC(C)(C)C(C)(C)O)ccc2nccnc12. The summed E-state index contributed by atoms with van der Waals surface area (Å²) in [5.41, 5.74) is 2.07. The number of aryl methyl sites for hydroxylation is 1. The molecule has 1 N–H and O–H groups in total. The van der Waals surface area contributed by atoms with Crippen LogP contribution in [0.2, 0.25) is 0 Å². The first-order valence-corrected chi connectivity index (χ1v) is 6.66. The zero-order valence-corrected chi connectivity index (χ0v) is 12.6. The van der Waals surface area contributed by atoms with Gasteiger partial charge in [0.2, 0.25) is 0 Å². The average Bonchev–Trinajstić information content (AvgIpc) is 2.37. The first kappa shape index (κ1) is 14.9. The Bertz CT molecular complexity index is 621. The van der Waals surface area contributed by atoms with E-state index in [4.69, 9.17) is 4.65 Å². The fourth-order valence-electron chi connectivity index (χ4n) is 1.67. The molecule has 0 aliphatic heterocycles. The van der Waals surface area contributed by atoms with Crippen LogP contribution in [0.4, 0.5) is 0 Å². The number of aromatic nitrogens is 2. The van der Waals surface area contributed by atoms with E-state index in [0.717, 1.165) is 22.1 Å². The van der Waals surface area contributed by atoms with Gasteiger partial charge in [-0.3, -0.25) is 9.97 Å². The number of nitrogens with zero attached hydrogens (tertiary/aromatic N) is 2. The molecule has 105 valence electrons. The van der Waals surface area contributed by atoms with Gasteiger partial charge < -0.3 is 9.76 Å². The van der Waals surface area contributed by atoms with Crippen LogP contribution < -0.4 is 5.46 Å². The summed E-state index contributed by atoms with van der Waals surface area (Å²) in [6, 6.07) is 3.87. The largest absolute Gasteiger partial charge is 0.427 e. The Balaban J connectivity index is 2.25. The van der Waals surface area contributed by atoms with Crippen LogP contribution in [0, 0.1) is 6.92 Å². The molecule has 1 heterocycles. The highest BCUT2D eigenvalue weighted by molar-refractivity contribution is 6.48. The van der Waals surface area contributed by atoms with Crippen molar-refractivity contribution in [1.29, 1.82) is 0 Å². The van der Waals surface area contributed by atoms with Crippen LogP contribution in [-0.2, 0) is 4.65 Å². The van der Waals surface area contributed by atoms with Crippen molar-refractivity contribution in [3.05, 3.63) is 30.1 Å². The van der Waals surface area contributed by atoms with E-state index < -0.39 is 11.2 Å². The number of hydrogen-bond acceptors (Lipinski definition) is 4. The van der Waals surface area contributed by atoms with Crippen LogP contribution in [0.15, 0.2) is 24.5 Å². The van der Waals surface area contributed by atoms with E-state index in [-0.39, 0.29) is 0 Å². The summed E-state index contributed by atoms with van der Waals surface area (Å²) in [4.78, 5) is 8.62. The van der Waals surface area contributed by atoms with E-state index in [2.05, 4.69) is 9.97 Å². The van der Waals surface area contributed by atoms with Gasteiger partial charge in [-0.25, -0.2) is 0 Å². The van der Waals surface area contributed by atoms with Gasteiger partial charge in [0.05, 0.1) is 22.2 Å². The molecule has 20 heavy (non-hydrogen) atoms. The molecule has 0 amide bonds. The van der Waals surface area contributed by atoms with Gasteiger partial charge in [0, 0.05) is 12.4 Å². The van der Waals surface area contributed by atoms with Gasteiger partial charge in [-0.1, -0.05) is 6.07 Å². The predicted molar refractivity (Wildman–Crippen MR) is 81.1 cm³/mol. The molecular weight excluding hydrogens is 251 g/mol. The van der Waals surface area contributed by atoms with E-state index >= 15 is 0 Å². The summed E-state index contributed by atoms with van der Waals surface area (Å²) in [6.45, 7) is 9.18. The van der Waals surface area contributed by atoms with Gasteiger partial charge in [-0.05, 0) is 51.7 Å². The van der Waals surface area contributed by atoms with Crippen molar-refractivity contribution in [2.24, 2.45) is 0 Å². The van der Waals surface area contributed by atoms with Gasteiger partial charge in [0.1, 0.15) is 0 Å². The molecule has 1 aromatic heterocycles. The zero-order chi connectivity index (χ0) is 15.0. The molecular formula is C15H20BN2O2. The van der Waals surface area contributed by atoms with Gasteiger partial charge >= 0.3 is 7.48 Å². The Morgan fingerprint density at radius 2 is 1.75 bits per heavy atom. The maximum absolute atomic E-state index is 10.1. The summed E-state index contributed by atoms with van der Waals surface area (Å²) in [7, 11) is 1.68. The second kappa shape index (κ2) is 5.15. The van der Waals surface area contributed by atoms with Crippen LogP contribution in [-0.4, -0.2) is 33.8 Å². The van der Waals surface area contributed by atoms with E-state index in [1.54, 1.807) is 33.7 Å². The summed E-state index contributed by atoms with van der Waals surface area (Å²) in [5, 5.41) is 10.1. The molecule has 0 bridgehead atoms. The van der Waals surface area contributed by atoms with Gasteiger partial charge in [-0.2, -0.15) is 0 Å². The number of fused-ring (bicyclic) bond motifs is 1. The highest BCUT2D eigenvalue weighted by Crippen LogP contribution is 2.24. The second-order valence-corrected chi connectivity index (χ2v) is 6.01. The smallest absolute Gasteiger partial charge is 0.331 e. The lowest BCUT2D eigenvalue weighted by Gasteiger charge is -2.37. The molecule has 0 fully saturated rings. The molecule has 5 heteroatoms. The monoisotopic (exact) mass is 271 g/mol. The van der Waals surface area contributed by atoms with Crippen LogP contribution in [0.1, 0.15) is 33.3 Å². The second-order valence-electron chi connectivity index (χ2n) is 6.01. The van der Waals surface area contributed by atoms with Gasteiger partial charge in [-0.15, -0.1) is 0 Å². The van der Waals surface area contributed by atoms with Gasteiger partial charge in [0.25, 0.3) is 0 Å².